The number of aliphatic hydroxyl groups is 1. The third-order valence-electron chi connectivity index (χ3n) is 2.08. The van der Waals surface area contributed by atoms with E-state index in [4.69, 9.17) is 0 Å². The minimum atomic E-state index is -0.252. The van der Waals surface area contributed by atoms with Gasteiger partial charge in [-0.25, -0.2) is 0 Å². The minimum absolute atomic E-state index is 0.252. The molecule has 0 spiro atoms. The van der Waals surface area contributed by atoms with E-state index in [0.29, 0.717) is 0 Å². The Hall–Kier alpha value is -1.02. The fourth-order valence-electron chi connectivity index (χ4n) is 1.29. The first kappa shape index (κ1) is 6.68. The van der Waals surface area contributed by atoms with Crippen LogP contribution in [0.25, 0.3) is 0 Å². The smallest absolute Gasteiger partial charge is 0.128 e. The number of para-hydroxylation sites is 1. The summed E-state index contributed by atoms with van der Waals surface area (Å²) in [6.07, 6.45) is 0.645. The zero-order chi connectivity index (χ0) is 7.68. The van der Waals surface area contributed by atoms with Crippen LogP contribution >= 0.6 is 0 Å². The molecule has 1 heterocycles. The van der Waals surface area contributed by atoms with E-state index in [1.54, 1.807) is 0 Å². The first-order chi connectivity index (χ1) is 5.38. The van der Waals surface area contributed by atoms with E-state index in [1.807, 2.05) is 35.2 Å². The Morgan fingerprint density at radius 2 is 2.00 bits per heavy atom. The molecule has 1 N–H and O–H groups in total. The average molecular weight is 149 g/mol. The number of anilines is 1. The maximum absolute atomic E-state index is 9.29. The summed E-state index contributed by atoms with van der Waals surface area (Å²) >= 11 is 0. The highest BCUT2D eigenvalue weighted by atomic mass is 16.3. The molecular weight excluding hydrogens is 138 g/mol. The van der Waals surface area contributed by atoms with Crippen molar-refractivity contribution in [2.75, 3.05) is 11.4 Å². The summed E-state index contributed by atoms with van der Waals surface area (Å²) in [5.41, 5.74) is 1.12. The summed E-state index contributed by atoms with van der Waals surface area (Å²) in [6, 6.07) is 9.99. The molecule has 0 bridgehead atoms. The van der Waals surface area contributed by atoms with E-state index >= 15 is 0 Å². The second-order valence-electron chi connectivity index (χ2n) is 2.80. The molecule has 58 valence electrons. The van der Waals surface area contributed by atoms with Gasteiger partial charge < -0.3 is 10.0 Å². The van der Waals surface area contributed by atoms with E-state index in [9.17, 15) is 5.11 Å². The standard InChI is InChI=1S/C9H11NO/c11-9-6-7-10(9)8-4-2-1-3-5-8/h1-5,9,11H,6-7H2. The van der Waals surface area contributed by atoms with Gasteiger partial charge in [-0.3, -0.25) is 0 Å². The molecule has 1 aliphatic rings. The van der Waals surface area contributed by atoms with Gasteiger partial charge in [0.15, 0.2) is 0 Å². The molecule has 0 saturated carbocycles. The molecule has 0 aromatic heterocycles. The summed E-state index contributed by atoms with van der Waals surface area (Å²) in [7, 11) is 0. The van der Waals surface area contributed by atoms with Crippen LogP contribution in [0.2, 0.25) is 0 Å². The highest BCUT2D eigenvalue weighted by Crippen LogP contribution is 2.23. The van der Waals surface area contributed by atoms with Crippen molar-refractivity contribution in [2.45, 2.75) is 12.6 Å². The lowest BCUT2D eigenvalue weighted by atomic mass is 10.1. The molecule has 1 aliphatic heterocycles. The van der Waals surface area contributed by atoms with Crippen LogP contribution in [0.1, 0.15) is 6.42 Å². The molecular formula is C9H11NO. The van der Waals surface area contributed by atoms with Crippen molar-refractivity contribution >= 4 is 5.69 Å². The van der Waals surface area contributed by atoms with Gasteiger partial charge in [0.1, 0.15) is 6.23 Å². The van der Waals surface area contributed by atoms with Gasteiger partial charge in [-0.05, 0) is 12.1 Å². The third kappa shape index (κ3) is 1.10. The zero-order valence-electron chi connectivity index (χ0n) is 6.27. The van der Waals surface area contributed by atoms with Crippen LogP contribution in [0, 0.1) is 0 Å². The summed E-state index contributed by atoms with van der Waals surface area (Å²) < 4.78 is 0. The molecule has 2 rings (SSSR count). The quantitative estimate of drug-likeness (QED) is 0.648. The first-order valence-corrected chi connectivity index (χ1v) is 3.88. The van der Waals surface area contributed by atoms with E-state index in [-0.39, 0.29) is 6.23 Å². The monoisotopic (exact) mass is 149 g/mol. The van der Waals surface area contributed by atoms with Gasteiger partial charge in [-0.15, -0.1) is 0 Å². The molecule has 0 amide bonds. The van der Waals surface area contributed by atoms with Crippen LogP contribution in [0.15, 0.2) is 30.3 Å². The molecule has 1 unspecified atom stereocenters. The Kier molecular flexibility index (Phi) is 1.55. The van der Waals surface area contributed by atoms with Gasteiger partial charge in [-0.2, -0.15) is 0 Å². The van der Waals surface area contributed by atoms with E-state index in [0.717, 1.165) is 18.7 Å². The van der Waals surface area contributed by atoms with Gasteiger partial charge in [-0.1, -0.05) is 18.2 Å². The molecule has 0 aliphatic carbocycles. The lowest BCUT2D eigenvalue weighted by Crippen LogP contribution is -2.47. The summed E-state index contributed by atoms with van der Waals surface area (Å²) in [5.74, 6) is 0. The molecule has 2 nitrogen and oxygen atoms in total. The largest absolute Gasteiger partial charge is 0.374 e. The Labute approximate surface area is 66.1 Å². The average Bonchev–Trinajstić information content (AvgIpc) is 2.04. The van der Waals surface area contributed by atoms with Crippen molar-refractivity contribution in [3.63, 3.8) is 0 Å². The summed E-state index contributed by atoms with van der Waals surface area (Å²) in [5, 5.41) is 9.29. The van der Waals surface area contributed by atoms with Crippen LogP contribution in [0.3, 0.4) is 0 Å². The van der Waals surface area contributed by atoms with Crippen LogP contribution in [0.5, 0.6) is 0 Å². The van der Waals surface area contributed by atoms with Crippen LogP contribution in [-0.2, 0) is 0 Å². The van der Waals surface area contributed by atoms with Gasteiger partial charge in [0, 0.05) is 18.7 Å². The topological polar surface area (TPSA) is 23.5 Å². The molecule has 1 aromatic rings. The van der Waals surface area contributed by atoms with Crippen molar-refractivity contribution in [1.82, 2.24) is 0 Å². The lowest BCUT2D eigenvalue weighted by molar-refractivity contribution is 0.113. The molecule has 0 radical (unpaired) electrons. The lowest BCUT2D eigenvalue weighted by Gasteiger charge is -2.39. The minimum Gasteiger partial charge on any atom is -0.374 e. The number of aliphatic hydroxyl groups excluding tert-OH is 1. The van der Waals surface area contributed by atoms with Gasteiger partial charge in [0.2, 0.25) is 0 Å². The predicted octanol–water partition coefficient (Wildman–Crippen LogP) is 1.22. The number of nitrogens with zero attached hydrogens (tertiary/aromatic N) is 1. The van der Waals surface area contributed by atoms with Crippen molar-refractivity contribution in [2.24, 2.45) is 0 Å². The van der Waals surface area contributed by atoms with Crippen LogP contribution in [-0.4, -0.2) is 17.9 Å². The molecule has 11 heavy (non-hydrogen) atoms. The molecule has 2 heteroatoms. The normalized spacial score (nSPS) is 23.0. The summed E-state index contributed by atoms with van der Waals surface area (Å²) in [6.45, 7) is 0.977. The van der Waals surface area contributed by atoms with E-state index in [2.05, 4.69) is 0 Å². The van der Waals surface area contributed by atoms with E-state index < -0.39 is 0 Å². The Balaban J connectivity index is 2.17. The number of rotatable bonds is 1. The van der Waals surface area contributed by atoms with Crippen LogP contribution < -0.4 is 4.90 Å². The number of benzene rings is 1. The second-order valence-corrected chi connectivity index (χ2v) is 2.80. The number of hydrogen-bond acceptors (Lipinski definition) is 2. The SMILES string of the molecule is OC1CCN1c1ccccc1. The third-order valence-corrected chi connectivity index (χ3v) is 2.08. The first-order valence-electron chi connectivity index (χ1n) is 3.88. The molecule has 1 aromatic carbocycles. The Bertz CT molecular complexity index is 235. The Morgan fingerprint density at radius 3 is 2.45 bits per heavy atom. The van der Waals surface area contributed by atoms with Crippen molar-refractivity contribution in [3.8, 4) is 0 Å². The second kappa shape index (κ2) is 2.55. The molecule has 1 atom stereocenters. The van der Waals surface area contributed by atoms with Crippen molar-refractivity contribution < 1.29 is 5.11 Å². The van der Waals surface area contributed by atoms with Gasteiger partial charge in [0.25, 0.3) is 0 Å². The molecule has 1 fully saturated rings. The Morgan fingerprint density at radius 1 is 1.27 bits per heavy atom. The maximum Gasteiger partial charge on any atom is 0.128 e. The van der Waals surface area contributed by atoms with Crippen molar-refractivity contribution in [1.29, 1.82) is 0 Å². The molecule has 1 saturated heterocycles. The van der Waals surface area contributed by atoms with Gasteiger partial charge >= 0.3 is 0 Å². The van der Waals surface area contributed by atoms with Gasteiger partial charge in [0.05, 0.1) is 0 Å². The highest BCUT2D eigenvalue weighted by molar-refractivity contribution is 5.48. The van der Waals surface area contributed by atoms with Crippen molar-refractivity contribution in [3.05, 3.63) is 30.3 Å². The van der Waals surface area contributed by atoms with Crippen LogP contribution in [0.4, 0.5) is 5.69 Å². The number of hydrogen-bond donors (Lipinski definition) is 1. The van der Waals surface area contributed by atoms with E-state index in [1.165, 1.54) is 0 Å². The summed E-state index contributed by atoms with van der Waals surface area (Å²) in [4.78, 5) is 1.99. The zero-order valence-corrected chi connectivity index (χ0v) is 6.27. The fraction of sp³-hybridized carbons (Fsp3) is 0.333. The predicted molar refractivity (Wildman–Crippen MR) is 44.4 cm³/mol. The maximum atomic E-state index is 9.29. The fourth-order valence-corrected chi connectivity index (χ4v) is 1.29. The highest BCUT2D eigenvalue weighted by Gasteiger charge is 2.24.